The first-order valence-corrected chi connectivity index (χ1v) is 11.5. The fourth-order valence-electron chi connectivity index (χ4n) is 3.24. The van der Waals surface area contributed by atoms with E-state index < -0.39 is 0 Å². The Hall–Kier alpha value is -4.31. The van der Waals surface area contributed by atoms with Crippen molar-refractivity contribution in [2.75, 3.05) is 20.0 Å². The van der Waals surface area contributed by atoms with Gasteiger partial charge < -0.3 is 14.6 Å². The number of phenolic OH excluding ortho intramolecular Hbond substituents is 1. The van der Waals surface area contributed by atoms with Crippen molar-refractivity contribution in [1.29, 1.82) is 0 Å². The number of hydrogen-bond donors (Lipinski definition) is 2. The van der Waals surface area contributed by atoms with Crippen LogP contribution >= 0.6 is 11.8 Å². The number of aromatic hydroxyl groups is 1. The number of methoxy groups -OCH3 is 2. The summed E-state index contributed by atoms with van der Waals surface area (Å²) in [6.45, 7) is 0. The van der Waals surface area contributed by atoms with E-state index in [4.69, 9.17) is 9.47 Å². The molecule has 1 aromatic heterocycles. The lowest BCUT2D eigenvalue weighted by atomic mass is 10.2. The molecular formula is C25H23N5O4S. The summed E-state index contributed by atoms with van der Waals surface area (Å²) in [6, 6.07) is 22.2. The lowest BCUT2D eigenvalue weighted by Crippen LogP contribution is -2.20. The smallest absolute Gasteiger partial charge is 0.250 e. The molecule has 0 saturated carbocycles. The van der Waals surface area contributed by atoms with Crippen LogP contribution in [0, 0.1) is 0 Å². The van der Waals surface area contributed by atoms with Crippen molar-refractivity contribution < 1.29 is 19.4 Å². The van der Waals surface area contributed by atoms with Crippen LogP contribution in [0.4, 0.5) is 0 Å². The van der Waals surface area contributed by atoms with E-state index >= 15 is 0 Å². The molecule has 1 amide bonds. The Morgan fingerprint density at radius 2 is 1.80 bits per heavy atom. The molecule has 9 nitrogen and oxygen atoms in total. The number of benzene rings is 3. The number of ether oxygens (including phenoxy) is 2. The van der Waals surface area contributed by atoms with Gasteiger partial charge in [0.1, 0.15) is 5.75 Å². The minimum atomic E-state index is -0.331. The molecule has 4 aromatic rings. The minimum Gasteiger partial charge on any atom is -0.504 e. The normalized spacial score (nSPS) is 10.9. The van der Waals surface area contributed by atoms with E-state index in [0.717, 1.165) is 17.0 Å². The van der Waals surface area contributed by atoms with Gasteiger partial charge in [-0.25, -0.2) is 5.43 Å². The Balaban J connectivity index is 1.49. The van der Waals surface area contributed by atoms with Crippen LogP contribution in [0.15, 0.2) is 83.1 Å². The maximum atomic E-state index is 12.4. The average Bonchev–Trinajstić information content (AvgIpc) is 3.33. The third-order valence-corrected chi connectivity index (χ3v) is 5.90. The van der Waals surface area contributed by atoms with Gasteiger partial charge in [0.2, 0.25) is 0 Å². The molecule has 0 spiro atoms. The molecular weight excluding hydrogens is 466 g/mol. The van der Waals surface area contributed by atoms with Crippen molar-refractivity contribution in [1.82, 2.24) is 20.2 Å². The first-order valence-electron chi connectivity index (χ1n) is 10.6. The zero-order valence-electron chi connectivity index (χ0n) is 19.1. The average molecular weight is 490 g/mol. The van der Waals surface area contributed by atoms with Crippen molar-refractivity contribution in [2.45, 2.75) is 5.16 Å². The minimum absolute atomic E-state index is 0.0515. The third-order valence-electron chi connectivity index (χ3n) is 4.97. The zero-order chi connectivity index (χ0) is 24.6. The van der Waals surface area contributed by atoms with Gasteiger partial charge in [0.25, 0.3) is 5.91 Å². The number of carbonyl (C=O) groups excluding carboxylic acids is 1. The Kier molecular flexibility index (Phi) is 7.63. The molecule has 0 saturated heterocycles. The van der Waals surface area contributed by atoms with Gasteiger partial charge in [-0.3, -0.25) is 9.36 Å². The van der Waals surface area contributed by atoms with Crippen molar-refractivity contribution in [3.63, 3.8) is 0 Å². The molecule has 0 aliphatic heterocycles. The quantitative estimate of drug-likeness (QED) is 0.208. The predicted octanol–water partition coefficient (Wildman–Crippen LogP) is 3.90. The van der Waals surface area contributed by atoms with Crippen molar-refractivity contribution in [3.8, 4) is 34.3 Å². The van der Waals surface area contributed by atoms with E-state index in [1.807, 2.05) is 59.2 Å². The van der Waals surface area contributed by atoms with Gasteiger partial charge in [-0.2, -0.15) is 5.10 Å². The van der Waals surface area contributed by atoms with Gasteiger partial charge in [-0.1, -0.05) is 36.0 Å². The van der Waals surface area contributed by atoms with Crippen LogP contribution in [0.2, 0.25) is 0 Å². The van der Waals surface area contributed by atoms with Gasteiger partial charge in [-0.15, -0.1) is 10.2 Å². The van der Waals surface area contributed by atoms with Crippen LogP contribution in [0.3, 0.4) is 0 Å². The van der Waals surface area contributed by atoms with Gasteiger partial charge in [0.15, 0.2) is 22.5 Å². The van der Waals surface area contributed by atoms with Gasteiger partial charge in [0, 0.05) is 16.8 Å². The standard InChI is InChI=1S/C25H23N5O4S/c1-33-20-13-11-17(12-14-20)24-28-29-25(30(24)19-8-4-3-5-9-19)35-16-22(31)27-26-15-18-7-6-10-21(34-2)23(18)32/h3-15,32H,16H2,1-2H3,(H,27,31)/b26-15+. The maximum absolute atomic E-state index is 12.4. The number of carbonyl (C=O) groups is 1. The maximum Gasteiger partial charge on any atom is 0.250 e. The van der Waals surface area contributed by atoms with Crippen LogP contribution in [0.1, 0.15) is 5.56 Å². The van der Waals surface area contributed by atoms with Crippen molar-refractivity contribution in [2.24, 2.45) is 5.10 Å². The second kappa shape index (κ2) is 11.2. The lowest BCUT2D eigenvalue weighted by Gasteiger charge is -2.10. The summed E-state index contributed by atoms with van der Waals surface area (Å²) in [6.07, 6.45) is 1.36. The Morgan fingerprint density at radius 3 is 2.51 bits per heavy atom. The molecule has 0 atom stereocenters. The summed E-state index contributed by atoms with van der Waals surface area (Å²) >= 11 is 1.24. The second-order valence-electron chi connectivity index (χ2n) is 7.19. The number of nitrogens with zero attached hydrogens (tertiary/aromatic N) is 4. The highest BCUT2D eigenvalue weighted by atomic mass is 32.2. The van der Waals surface area contributed by atoms with E-state index in [1.54, 1.807) is 25.3 Å². The topological polar surface area (TPSA) is 111 Å². The van der Waals surface area contributed by atoms with E-state index in [2.05, 4.69) is 20.7 Å². The molecule has 0 bridgehead atoms. The van der Waals surface area contributed by atoms with E-state index in [0.29, 0.717) is 22.3 Å². The molecule has 4 rings (SSSR count). The van der Waals surface area contributed by atoms with Gasteiger partial charge in [-0.05, 0) is 48.5 Å². The van der Waals surface area contributed by atoms with Crippen LogP contribution in [0.5, 0.6) is 17.2 Å². The lowest BCUT2D eigenvalue weighted by molar-refractivity contribution is -0.118. The number of para-hydroxylation sites is 2. The van der Waals surface area contributed by atoms with E-state index in [-0.39, 0.29) is 17.4 Å². The number of phenols is 1. The summed E-state index contributed by atoms with van der Waals surface area (Å²) in [5.74, 6) is 1.40. The largest absolute Gasteiger partial charge is 0.504 e. The molecule has 2 N–H and O–H groups in total. The summed E-state index contributed by atoms with van der Waals surface area (Å²) in [7, 11) is 3.08. The third kappa shape index (κ3) is 5.61. The van der Waals surface area contributed by atoms with Gasteiger partial charge in [0.05, 0.1) is 26.2 Å². The van der Waals surface area contributed by atoms with Gasteiger partial charge >= 0.3 is 0 Å². The zero-order valence-corrected chi connectivity index (χ0v) is 19.9. The molecule has 0 radical (unpaired) electrons. The highest BCUT2D eigenvalue weighted by molar-refractivity contribution is 7.99. The molecule has 1 heterocycles. The summed E-state index contributed by atoms with van der Waals surface area (Å²) < 4.78 is 12.2. The molecule has 0 fully saturated rings. The Labute approximate surface area is 206 Å². The number of hydrazone groups is 1. The highest BCUT2D eigenvalue weighted by Gasteiger charge is 2.17. The molecule has 178 valence electrons. The Bertz CT molecular complexity index is 1320. The van der Waals surface area contributed by atoms with Crippen LogP contribution in [-0.4, -0.2) is 52.0 Å². The first-order chi connectivity index (χ1) is 17.1. The first kappa shape index (κ1) is 23.8. The van der Waals surface area contributed by atoms with Crippen LogP contribution in [-0.2, 0) is 4.79 Å². The monoisotopic (exact) mass is 489 g/mol. The Morgan fingerprint density at radius 1 is 1.03 bits per heavy atom. The summed E-state index contributed by atoms with van der Waals surface area (Å²) in [5, 5.41) is 23.3. The fraction of sp³-hybridized carbons (Fsp3) is 0.120. The second-order valence-corrected chi connectivity index (χ2v) is 8.13. The number of amides is 1. The number of rotatable bonds is 9. The highest BCUT2D eigenvalue weighted by Crippen LogP contribution is 2.29. The summed E-state index contributed by atoms with van der Waals surface area (Å²) in [5.41, 5.74) is 4.62. The van der Waals surface area contributed by atoms with E-state index in [1.165, 1.54) is 25.1 Å². The number of thioether (sulfide) groups is 1. The molecule has 0 unspecified atom stereocenters. The molecule has 0 aliphatic rings. The van der Waals surface area contributed by atoms with Crippen molar-refractivity contribution in [3.05, 3.63) is 78.4 Å². The molecule has 0 aliphatic carbocycles. The molecule has 10 heteroatoms. The number of aromatic nitrogens is 3. The van der Waals surface area contributed by atoms with Crippen molar-refractivity contribution >= 4 is 23.9 Å². The van der Waals surface area contributed by atoms with Crippen LogP contribution in [0.25, 0.3) is 17.1 Å². The fourth-order valence-corrected chi connectivity index (χ4v) is 3.99. The van der Waals surface area contributed by atoms with E-state index in [9.17, 15) is 9.90 Å². The SMILES string of the molecule is COc1ccc(-c2nnc(SCC(=O)N/N=C/c3cccc(OC)c3O)n2-c2ccccc2)cc1. The summed E-state index contributed by atoms with van der Waals surface area (Å²) in [4.78, 5) is 12.4. The predicted molar refractivity (Wildman–Crippen MR) is 134 cm³/mol. The number of nitrogens with one attached hydrogen (secondary N) is 1. The molecule has 35 heavy (non-hydrogen) atoms. The van der Waals surface area contributed by atoms with Crippen LogP contribution < -0.4 is 14.9 Å². The molecule has 3 aromatic carbocycles. The number of hydrogen-bond acceptors (Lipinski definition) is 8.